The molecule has 1 atom stereocenters. The van der Waals surface area contributed by atoms with Crippen LogP contribution in [0, 0.1) is 0 Å². The van der Waals surface area contributed by atoms with E-state index in [4.69, 9.17) is 10.8 Å². The Morgan fingerprint density at radius 3 is 2.81 bits per heavy atom. The van der Waals surface area contributed by atoms with Gasteiger partial charge in [0.2, 0.25) is 0 Å². The number of aromatic nitrogens is 1. The Bertz CT molecular complexity index is 309. The highest BCUT2D eigenvalue weighted by Crippen LogP contribution is 2.16. The lowest BCUT2D eigenvalue weighted by molar-refractivity contribution is 0.301. The van der Waals surface area contributed by atoms with Crippen molar-refractivity contribution in [2.24, 2.45) is 5.73 Å². The first-order valence-corrected chi connectivity index (χ1v) is 5.76. The Balaban J connectivity index is 2.86. The predicted octanol–water partition coefficient (Wildman–Crippen LogP) is 1.31. The minimum atomic E-state index is 0.0133. The maximum Gasteiger partial charge on any atom is 0.128 e. The molecule has 16 heavy (non-hydrogen) atoms. The van der Waals surface area contributed by atoms with Crippen LogP contribution in [0.5, 0.6) is 0 Å². The summed E-state index contributed by atoms with van der Waals surface area (Å²) in [5, 5.41) is 9.01. The molecule has 1 rings (SSSR count). The Kier molecular flexibility index (Phi) is 5.22. The number of hydrogen-bond acceptors (Lipinski definition) is 4. The molecule has 0 aliphatic rings. The van der Waals surface area contributed by atoms with Crippen molar-refractivity contribution in [1.29, 1.82) is 0 Å². The van der Waals surface area contributed by atoms with E-state index >= 15 is 0 Å². The monoisotopic (exact) mass is 223 g/mol. The molecule has 1 heterocycles. The average molecular weight is 223 g/mol. The lowest BCUT2D eigenvalue weighted by Gasteiger charge is -2.22. The number of aliphatic hydroxyl groups excluding tert-OH is 1. The van der Waals surface area contributed by atoms with Gasteiger partial charge in [0.05, 0.1) is 6.61 Å². The second-order valence-electron chi connectivity index (χ2n) is 3.95. The molecule has 1 unspecified atom stereocenters. The van der Waals surface area contributed by atoms with Gasteiger partial charge in [-0.3, -0.25) is 0 Å². The number of nitrogens with zero attached hydrogens (tertiary/aromatic N) is 2. The van der Waals surface area contributed by atoms with Gasteiger partial charge in [-0.05, 0) is 31.0 Å². The van der Waals surface area contributed by atoms with E-state index in [1.54, 1.807) is 6.20 Å². The summed E-state index contributed by atoms with van der Waals surface area (Å²) in [4.78, 5) is 6.39. The molecular weight excluding hydrogens is 202 g/mol. The van der Waals surface area contributed by atoms with Gasteiger partial charge in [0, 0.05) is 25.3 Å². The number of nitrogens with two attached hydrogens (primary N) is 1. The number of anilines is 1. The van der Waals surface area contributed by atoms with E-state index in [-0.39, 0.29) is 12.6 Å². The smallest absolute Gasteiger partial charge is 0.128 e. The van der Waals surface area contributed by atoms with E-state index < -0.39 is 0 Å². The fourth-order valence-electron chi connectivity index (χ4n) is 1.62. The van der Waals surface area contributed by atoms with Crippen LogP contribution in [0.1, 0.15) is 31.9 Å². The van der Waals surface area contributed by atoms with Crippen LogP contribution in [0.25, 0.3) is 0 Å². The van der Waals surface area contributed by atoms with E-state index in [0.29, 0.717) is 6.54 Å². The highest BCUT2D eigenvalue weighted by molar-refractivity contribution is 5.41. The maximum absolute atomic E-state index is 9.01. The van der Waals surface area contributed by atoms with Gasteiger partial charge in [0.1, 0.15) is 5.82 Å². The third-order valence-corrected chi connectivity index (χ3v) is 2.48. The molecule has 90 valence electrons. The maximum atomic E-state index is 9.01. The molecule has 0 bridgehead atoms. The van der Waals surface area contributed by atoms with Gasteiger partial charge in [0.25, 0.3) is 0 Å². The molecule has 1 aromatic heterocycles. The van der Waals surface area contributed by atoms with Crippen molar-refractivity contribution in [2.75, 3.05) is 24.6 Å². The van der Waals surface area contributed by atoms with Crippen LogP contribution in [0.3, 0.4) is 0 Å². The summed E-state index contributed by atoms with van der Waals surface area (Å²) in [7, 11) is 0. The van der Waals surface area contributed by atoms with E-state index in [1.165, 1.54) is 0 Å². The minimum absolute atomic E-state index is 0.0133. The minimum Gasteiger partial charge on any atom is -0.395 e. The molecule has 0 saturated heterocycles. The molecule has 1 aromatic rings. The molecule has 0 aliphatic heterocycles. The highest BCUT2D eigenvalue weighted by Gasteiger charge is 2.08. The van der Waals surface area contributed by atoms with Gasteiger partial charge in [-0.15, -0.1) is 0 Å². The highest BCUT2D eigenvalue weighted by atomic mass is 16.3. The van der Waals surface area contributed by atoms with Crippen molar-refractivity contribution in [2.45, 2.75) is 26.3 Å². The Morgan fingerprint density at radius 2 is 2.25 bits per heavy atom. The zero-order valence-corrected chi connectivity index (χ0v) is 10.1. The standard InChI is InChI=1S/C12H21N3O/c1-3-6-15(7-8-16)12-9-11(10(2)13)4-5-14-12/h4-5,9-10,16H,3,6-8,13H2,1-2H3. The van der Waals surface area contributed by atoms with Crippen molar-refractivity contribution >= 4 is 5.82 Å². The molecule has 0 amide bonds. The fourth-order valence-corrected chi connectivity index (χ4v) is 1.62. The summed E-state index contributed by atoms with van der Waals surface area (Å²) in [6, 6.07) is 3.94. The van der Waals surface area contributed by atoms with Crippen molar-refractivity contribution < 1.29 is 5.11 Å². The molecule has 0 spiro atoms. The van der Waals surface area contributed by atoms with Crippen LogP contribution < -0.4 is 10.6 Å². The van der Waals surface area contributed by atoms with Gasteiger partial charge >= 0.3 is 0 Å². The van der Waals surface area contributed by atoms with Crippen LogP contribution in [-0.4, -0.2) is 29.8 Å². The second kappa shape index (κ2) is 6.45. The van der Waals surface area contributed by atoms with Gasteiger partial charge in [-0.25, -0.2) is 4.98 Å². The van der Waals surface area contributed by atoms with Gasteiger partial charge in [-0.2, -0.15) is 0 Å². The van der Waals surface area contributed by atoms with Gasteiger partial charge < -0.3 is 15.7 Å². The first kappa shape index (κ1) is 12.9. The molecule has 0 aromatic carbocycles. The van der Waals surface area contributed by atoms with E-state index in [0.717, 1.165) is 24.3 Å². The average Bonchev–Trinajstić information content (AvgIpc) is 2.29. The topological polar surface area (TPSA) is 62.4 Å². The lowest BCUT2D eigenvalue weighted by atomic mass is 10.1. The quantitative estimate of drug-likeness (QED) is 0.763. The third kappa shape index (κ3) is 3.47. The molecule has 0 saturated carbocycles. The fraction of sp³-hybridized carbons (Fsp3) is 0.583. The molecule has 4 heteroatoms. The van der Waals surface area contributed by atoms with E-state index in [9.17, 15) is 0 Å². The third-order valence-electron chi connectivity index (χ3n) is 2.48. The Morgan fingerprint density at radius 1 is 1.50 bits per heavy atom. The molecule has 4 nitrogen and oxygen atoms in total. The SMILES string of the molecule is CCCN(CCO)c1cc(C(C)N)ccn1. The van der Waals surface area contributed by atoms with E-state index in [1.807, 2.05) is 19.1 Å². The normalized spacial score (nSPS) is 12.5. The summed E-state index contributed by atoms with van der Waals surface area (Å²) in [6.07, 6.45) is 2.80. The Hall–Kier alpha value is -1.13. The van der Waals surface area contributed by atoms with Gasteiger partial charge in [-0.1, -0.05) is 6.92 Å². The number of rotatable bonds is 6. The summed E-state index contributed by atoms with van der Waals surface area (Å²) >= 11 is 0. The molecule has 0 fully saturated rings. The van der Waals surface area contributed by atoms with Crippen LogP contribution in [0.2, 0.25) is 0 Å². The van der Waals surface area contributed by atoms with Crippen LogP contribution in [0.15, 0.2) is 18.3 Å². The number of aliphatic hydroxyl groups is 1. The van der Waals surface area contributed by atoms with Crippen molar-refractivity contribution in [3.63, 3.8) is 0 Å². The first-order chi connectivity index (χ1) is 7.69. The molecule has 0 aliphatic carbocycles. The molecule has 3 N–H and O–H groups in total. The van der Waals surface area contributed by atoms with Crippen molar-refractivity contribution in [3.8, 4) is 0 Å². The molecular formula is C12H21N3O. The predicted molar refractivity (Wildman–Crippen MR) is 66.4 cm³/mol. The zero-order chi connectivity index (χ0) is 12.0. The summed E-state index contributed by atoms with van der Waals surface area (Å²) < 4.78 is 0. The van der Waals surface area contributed by atoms with E-state index in [2.05, 4.69) is 16.8 Å². The largest absolute Gasteiger partial charge is 0.395 e. The second-order valence-corrected chi connectivity index (χ2v) is 3.95. The van der Waals surface area contributed by atoms with Crippen molar-refractivity contribution in [1.82, 2.24) is 4.98 Å². The summed E-state index contributed by atoms with van der Waals surface area (Å²) in [6.45, 7) is 5.72. The zero-order valence-electron chi connectivity index (χ0n) is 10.1. The van der Waals surface area contributed by atoms with Crippen LogP contribution in [0.4, 0.5) is 5.82 Å². The molecule has 0 radical (unpaired) electrons. The lowest BCUT2D eigenvalue weighted by Crippen LogP contribution is -2.28. The summed E-state index contributed by atoms with van der Waals surface area (Å²) in [5.41, 5.74) is 6.91. The van der Waals surface area contributed by atoms with Crippen LogP contribution >= 0.6 is 0 Å². The van der Waals surface area contributed by atoms with Crippen LogP contribution in [-0.2, 0) is 0 Å². The summed E-state index contributed by atoms with van der Waals surface area (Å²) in [5.74, 6) is 0.894. The van der Waals surface area contributed by atoms with Crippen molar-refractivity contribution in [3.05, 3.63) is 23.9 Å². The number of hydrogen-bond donors (Lipinski definition) is 2. The number of pyridine rings is 1. The Labute approximate surface area is 97.1 Å². The first-order valence-electron chi connectivity index (χ1n) is 5.76. The van der Waals surface area contributed by atoms with Gasteiger partial charge in [0.15, 0.2) is 0 Å².